The van der Waals surface area contributed by atoms with E-state index < -0.39 is 0 Å². The molecule has 128 valence electrons. The van der Waals surface area contributed by atoms with Gasteiger partial charge in [0, 0.05) is 17.2 Å². The lowest BCUT2D eigenvalue weighted by atomic mass is 10.2. The average molecular weight is 359 g/mol. The third kappa shape index (κ3) is 3.92. The van der Waals surface area contributed by atoms with Crippen molar-refractivity contribution in [1.82, 2.24) is 10.2 Å². The molecule has 1 heterocycles. The molecule has 0 aliphatic heterocycles. The van der Waals surface area contributed by atoms with Crippen molar-refractivity contribution < 1.29 is 18.7 Å². The molecule has 2 aromatic carbocycles. The Morgan fingerprint density at radius 1 is 1.04 bits per heavy atom. The van der Waals surface area contributed by atoms with Crippen LogP contribution >= 0.6 is 11.3 Å². The van der Waals surface area contributed by atoms with E-state index in [1.807, 2.05) is 0 Å². The quantitative estimate of drug-likeness (QED) is 0.753. The van der Waals surface area contributed by atoms with Gasteiger partial charge in [-0.15, -0.1) is 10.2 Å². The van der Waals surface area contributed by atoms with E-state index in [-0.39, 0.29) is 11.7 Å². The van der Waals surface area contributed by atoms with Crippen LogP contribution in [-0.4, -0.2) is 30.3 Å². The van der Waals surface area contributed by atoms with E-state index in [9.17, 15) is 9.18 Å². The van der Waals surface area contributed by atoms with Gasteiger partial charge in [0.25, 0.3) is 5.91 Å². The van der Waals surface area contributed by atoms with Gasteiger partial charge in [0.1, 0.15) is 22.3 Å². The van der Waals surface area contributed by atoms with Crippen molar-refractivity contribution in [2.45, 2.75) is 0 Å². The standard InChI is InChI=1S/C17H14FN3O3S/c1-23-13-7-11(8-14(9-13)24-2)15(22)19-17-21-20-16(25-17)10-3-5-12(18)6-4-10/h3-9H,1-2H3,(H,19,21,22). The molecule has 0 radical (unpaired) electrons. The highest BCUT2D eigenvalue weighted by molar-refractivity contribution is 7.18. The molecule has 8 heteroatoms. The Kier molecular flexibility index (Phi) is 4.90. The Labute approximate surface area is 147 Å². The van der Waals surface area contributed by atoms with E-state index in [4.69, 9.17) is 9.47 Å². The van der Waals surface area contributed by atoms with Crippen LogP contribution in [0.15, 0.2) is 42.5 Å². The van der Waals surface area contributed by atoms with Crippen LogP contribution in [0.2, 0.25) is 0 Å². The molecule has 3 rings (SSSR count). The molecule has 0 fully saturated rings. The Balaban J connectivity index is 1.79. The SMILES string of the molecule is COc1cc(OC)cc(C(=O)Nc2nnc(-c3ccc(F)cc3)s2)c1. The molecular weight excluding hydrogens is 345 g/mol. The van der Waals surface area contributed by atoms with Gasteiger partial charge in [0.2, 0.25) is 5.13 Å². The fourth-order valence-corrected chi connectivity index (χ4v) is 2.83. The molecule has 3 aromatic rings. The van der Waals surface area contributed by atoms with Crippen molar-refractivity contribution in [3.8, 4) is 22.1 Å². The van der Waals surface area contributed by atoms with E-state index in [1.165, 1.54) is 37.7 Å². The number of ether oxygens (including phenoxy) is 2. The molecule has 25 heavy (non-hydrogen) atoms. The van der Waals surface area contributed by atoms with Crippen LogP contribution in [0.4, 0.5) is 9.52 Å². The Bertz CT molecular complexity index is 874. The first-order valence-electron chi connectivity index (χ1n) is 7.23. The van der Waals surface area contributed by atoms with Gasteiger partial charge < -0.3 is 9.47 Å². The first-order chi connectivity index (χ1) is 12.1. The van der Waals surface area contributed by atoms with Crippen LogP contribution in [0.1, 0.15) is 10.4 Å². The van der Waals surface area contributed by atoms with Crippen molar-refractivity contribution >= 4 is 22.4 Å². The van der Waals surface area contributed by atoms with Crippen LogP contribution in [0.3, 0.4) is 0 Å². The summed E-state index contributed by atoms with van der Waals surface area (Å²) in [7, 11) is 3.02. The maximum Gasteiger partial charge on any atom is 0.257 e. The normalized spacial score (nSPS) is 10.4. The number of nitrogens with one attached hydrogen (secondary N) is 1. The highest BCUT2D eigenvalue weighted by Crippen LogP contribution is 2.27. The Hall–Kier alpha value is -3.00. The summed E-state index contributed by atoms with van der Waals surface area (Å²) in [6.07, 6.45) is 0. The summed E-state index contributed by atoms with van der Waals surface area (Å²) >= 11 is 1.20. The third-order valence-corrected chi connectivity index (χ3v) is 4.24. The lowest BCUT2D eigenvalue weighted by molar-refractivity contribution is 0.102. The Morgan fingerprint density at radius 3 is 2.28 bits per heavy atom. The molecule has 0 atom stereocenters. The second kappa shape index (κ2) is 7.27. The molecule has 0 saturated heterocycles. The number of anilines is 1. The minimum Gasteiger partial charge on any atom is -0.497 e. The molecule has 1 amide bonds. The summed E-state index contributed by atoms with van der Waals surface area (Å²) < 4.78 is 23.3. The average Bonchev–Trinajstić information content (AvgIpc) is 3.10. The van der Waals surface area contributed by atoms with Crippen molar-refractivity contribution in [3.63, 3.8) is 0 Å². The Morgan fingerprint density at radius 2 is 1.68 bits per heavy atom. The molecule has 0 saturated carbocycles. The lowest BCUT2D eigenvalue weighted by Crippen LogP contribution is -2.12. The second-order valence-corrected chi connectivity index (χ2v) is 5.95. The van der Waals surface area contributed by atoms with Crippen molar-refractivity contribution in [1.29, 1.82) is 0 Å². The number of amides is 1. The molecular formula is C17H14FN3O3S. The lowest BCUT2D eigenvalue weighted by Gasteiger charge is -2.07. The summed E-state index contributed by atoms with van der Waals surface area (Å²) in [4.78, 5) is 12.4. The molecule has 0 unspecified atom stereocenters. The number of benzene rings is 2. The number of halogens is 1. The zero-order chi connectivity index (χ0) is 17.8. The monoisotopic (exact) mass is 359 g/mol. The van der Waals surface area contributed by atoms with Gasteiger partial charge in [0.15, 0.2) is 0 Å². The summed E-state index contributed by atoms with van der Waals surface area (Å²) in [5.41, 5.74) is 1.09. The van der Waals surface area contributed by atoms with E-state index in [0.29, 0.717) is 27.2 Å². The van der Waals surface area contributed by atoms with Crippen molar-refractivity contribution in [3.05, 3.63) is 53.8 Å². The van der Waals surface area contributed by atoms with Crippen LogP contribution < -0.4 is 14.8 Å². The molecule has 0 spiro atoms. The number of carbonyl (C=O) groups excluding carboxylic acids is 1. The molecule has 0 aliphatic carbocycles. The third-order valence-electron chi connectivity index (χ3n) is 3.35. The van der Waals surface area contributed by atoms with Crippen LogP contribution in [-0.2, 0) is 0 Å². The zero-order valence-electron chi connectivity index (χ0n) is 13.4. The van der Waals surface area contributed by atoms with Crippen LogP contribution in [0.5, 0.6) is 11.5 Å². The smallest absolute Gasteiger partial charge is 0.257 e. The van der Waals surface area contributed by atoms with E-state index >= 15 is 0 Å². The number of nitrogens with zero attached hydrogens (tertiary/aromatic N) is 2. The highest BCUT2D eigenvalue weighted by Gasteiger charge is 2.13. The fraction of sp³-hybridized carbons (Fsp3) is 0.118. The maximum atomic E-state index is 13.0. The summed E-state index contributed by atoms with van der Waals surface area (Å²) in [6, 6.07) is 10.8. The molecule has 1 N–H and O–H groups in total. The number of methoxy groups -OCH3 is 2. The van der Waals surface area contributed by atoms with Gasteiger partial charge in [-0.25, -0.2) is 4.39 Å². The topological polar surface area (TPSA) is 73.3 Å². The van der Waals surface area contributed by atoms with E-state index in [1.54, 1.807) is 30.3 Å². The molecule has 0 bridgehead atoms. The summed E-state index contributed by atoms with van der Waals surface area (Å²) in [5, 5.41) is 11.6. The van der Waals surface area contributed by atoms with Gasteiger partial charge in [-0.05, 0) is 36.4 Å². The maximum absolute atomic E-state index is 13.0. The van der Waals surface area contributed by atoms with Crippen LogP contribution in [0.25, 0.3) is 10.6 Å². The predicted octanol–water partition coefficient (Wildman–Crippen LogP) is 3.61. The fourth-order valence-electron chi connectivity index (χ4n) is 2.09. The first-order valence-corrected chi connectivity index (χ1v) is 8.04. The van der Waals surface area contributed by atoms with E-state index in [0.717, 1.165) is 5.56 Å². The molecule has 1 aromatic heterocycles. The van der Waals surface area contributed by atoms with Crippen LogP contribution in [0, 0.1) is 5.82 Å². The number of hydrogen-bond acceptors (Lipinski definition) is 6. The van der Waals surface area contributed by atoms with Gasteiger partial charge in [-0.2, -0.15) is 0 Å². The van der Waals surface area contributed by atoms with Crippen molar-refractivity contribution in [2.24, 2.45) is 0 Å². The van der Waals surface area contributed by atoms with Crippen molar-refractivity contribution in [2.75, 3.05) is 19.5 Å². The minimum atomic E-state index is -0.362. The van der Waals surface area contributed by atoms with E-state index in [2.05, 4.69) is 15.5 Å². The first kappa shape index (κ1) is 16.8. The second-order valence-electron chi connectivity index (χ2n) is 4.97. The predicted molar refractivity (Wildman–Crippen MR) is 92.8 cm³/mol. The highest BCUT2D eigenvalue weighted by atomic mass is 32.1. The zero-order valence-corrected chi connectivity index (χ0v) is 14.3. The summed E-state index contributed by atoms with van der Waals surface area (Å²) in [5.74, 6) is 0.329. The molecule has 0 aliphatic rings. The van der Waals surface area contributed by atoms with Gasteiger partial charge in [0.05, 0.1) is 14.2 Å². The summed E-state index contributed by atoms with van der Waals surface area (Å²) in [6.45, 7) is 0. The van der Waals surface area contributed by atoms with Gasteiger partial charge in [-0.3, -0.25) is 10.1 Å². The number of carbonyl (C=O) groups is 1. The van der Waals surface area contributed by atoms with Gasteiger partial charge >= 0.3 is 0 Å². The number of hydrogen-bond donors (Lipinski definition) is 1. The van der Waals surface area contributed by atoms with Gasteiger partial charge in [-0.1, -0.05) is 11.3 Å². The minimum absolute atomic E-state index is 0.325. The number of aromatic nitrogens is 2. The largest absolute Gasteiger partial charge is 0.497 e. The molecule has 6 nitrogen and oxygen atoms in total. The number of rotatable bonds is 5.